The van der Waals surface area contributed by atoms with Crippen LogP contribution in [0.2, 0.25) is 0 Å². The first-order valence-corrected chi connectivity index (χ1v) is 13.2. The van der Waals surface area contributed by atoms with Gasteiger partial charge in [-0.2, -0.15) is 0 Å². The zero-order valence-electron chi connectivity index (χ0n) is 21.2. The summed E-state index contributed by atoms with van der Waals surface area (Å²) in [5.41, 5.74) is -0.586. The second-order valence-electron chi connectivity index (χ2n) is 9.47. The number of nitrogens with one attached hydrogen (secondary N) is 1. The zero-order valence-corrected chi connectivity index (χ0v) is 23.3. The van der Waals surface area contributed by atoms with Gasteiger partial charge in [0.05, 0.1) is 23.0 Å². The minimum Gasteiger partial charge on any atom is -0.428 e. The van der Waals surface area contributed by atoms with E-state index in [4.69, 9.17) is 9.26 Å². The van der Waals surface area contributed by atoms with Crippen molar-refractivity contribution in [2.75, 3.05) is 0 Å². The molecule has 6 rings (SSSR count). The molecule has 3 heterocycles. The number of amides is 2. The van der Waals surface area contributed by atoms with Gasteiger partial charge in [0.25, 0.3) is 5.91 Å². The van der Waals surface area contributed by atoms with Crippen molar-refractivity contribution in [3.05, 3.63) is 85.3 Å². The van der Waals surface area contributed by atoms with Crippen LogP contribution in [0, 0.1) is 3.57 Å². The minimum atomic E-state index is -4.98. The van der Waals surface area contributed by atoms with Crippen LogP contribution in [0.5, 0.6) is 5.75 Å². The fourth-order valence-electron chi connectivity index (χ4n) is 4.79. The first-order valence-electron chi connectivity index (χ1n) is 12.1. The number of nitrogens with zero attached hydrogens (tertiary/aromatic N) is 3. The van der Waals surface area contributed by atoms with E-state index >= 15 is 0 Å². The molecule has 2 amide bonds. The highest BCUT2D eigenvalue weighted by atomic mass is 127. The SMILES string of the molecule is C[C@@]1(c2ccc(I)c(Cn3c(=O)n(-c4noc5cc(C=O)ccc45)c4cc(OC(F)(F)F)ccc43)c2)OC(=O)NC1=O. The molecule has 0 radical (unpaired) electrons. The van der Waals surface area contributed by atoms with Gasteiger partial charge >= 0.3 is 18.1 Å². The summed E-state index contributed by atoms with van der Waals surface area (Å²) in [6, 6.07) is 12.8. The van der Waals surface area contributed by atoms with Gasteiger partial charge in [0.2, 0.25) is 5.60 Å². The van der Waals surface area contributed by atoms with Crippen LogP contribution >= 0.6 is 22.6 Å². The Kier molecular flexibility index (Phi) is 6.36. The van der Waals surface area contributed by atoms with E-state index < -0.39 is 35.4 Å². The van der Waals surface area contributed by atoms with E-state index in [0.717, 1.165) is 16.7 Å². The molecule has 42 heavy (non-hydrogen) atoms. The number of carbonyl (C=O) groups is 3. The molecule has 0 saturated carbocycles. The summed E-state index contributed by atoms with van der Waals surface area (Å²) in [6.07, 6.45) is -5.26. The predicted molar refractivity (Wildman–Crippen MR) is 147 cm³/mol. The molecule has 214 valence electrons. The van der Waals surface area contributed by atoms with Crippen molar-refractivity contribution in [2.45, 2.75) is 25.4 Å². The molecule has 0 spiro atoms. The van der Waals surface area contributed by atoms with Crippen LogP contribution in [-0.2, 0) is 21.7 Å². The number of halogens is 4. The Morgan fingerprint density at radius 2 is 1.86 bits per heavy atom. The normalized spacial score (nSPS) is 17.1. The van der Waals surface area contributed by atoms with Crippen LogP contribution in [0.4, 0.5) is 18.0 Å². The molecule has 11 nitrogen and oxygen atoms in total. The van der Waals surface area contributed by atoms with Crippen LogP contribution in [0.3, 0.4) is 0 Å². The number of fused-ring (bicyclic) bond motifs is 2. The number of imide groups is 1. The number of rotatable bonds is 6. The van der Waals surface area contributed by atoms with Gasteiger partial charge in [-0.25, -0.2) is 14.2 Å². The maximum atomic E-state index is 14.0. The molecule has 1 N–H and O–H groups in total. The molecule has 1 aliphatic heterocycles. The highest BCUT2D eigenvalue weighted by Gasteiger charge is 2.46. The van der Waals surface area contributed by atoms with Crippen molar-refractivity contribution in [2.24, 2.45) is 0 Å². The van der Waals surface area contributed by atoms with Gasteiger partial charge in [-0.3, -0.25) is 19.5 Å². The first kappa shape index (κ1) is 27.5. The lowest BCUT2D eigenvalue weighted by atomic mass is 9.94. The molecule has 1 saturated heterocycles. The Bertz CT molecular complexity index is 2010. The van der Waals surface area contributed by atoms with E-state index in [1.54, 1.807) is 18.2 Å². The lowest BCUT2D eigenvalue weighted by molar-refractivity contribution is -0.274. The largest absolute Gasteiger partial charge is 0.573 e. The van der Waals surface area contributed by atoms with E-state index in [2.05, 4.69) is 15.2 Å². The van der Waals surface area contributed by atoms with Crippen LogP contribution < -0.4 is 15.7 Å². The highest BCUT2D eigenvalue weighted by Crippen LogP contribution is 2.33. The highest BCUT2D eigenvalue weighted by molar-refractivity contribution is 14.1. The summed E-state index contributed by atoms with van der Waals surface area (Å²) in [6.45, 7) is 1.36. The van der Waals surface area contributed by atoms with Crippen molar-refractivity contribution in [3.63, 3.8) is 0 Å². The molecule has 1 aliphatic rings. The first-order chi connectivity index (χ1) is 19.9. The zero-order chi connectivity index (χ0) is 30.0. The predicted octanol–water partition coefficient (Wildman–Crippen LogP) is 4.78. The number of carbonyl (C=O) groups excluding carboxylic acids is 3. The molecule has 3 aromatic carbocycles. The molecule has 1 fully saturated rings. The van der Waals surface area contributed by atoms with Gasteiger partial charge in [-0.1, -0.05) is 17.3 Å². The van der Waals surface area contributed by atoms with Crippen LogP contribution in [0.15, 0.2) is 63.9 Å². The summed E-state index contributed by atoms with van der Waals surface area (Å²) in [5.74, 6) is -1.22. The molecule has 1 atom stereocenters. The van der Waals surface area contributed by atoms with Crippen molar-refractivity contribution in [3.8, 4) is 11.6 Å². The third-order valence-electron chi connectivity index (χ3n) is 6.83. The third kappa shape index (κ3) is 4.58. The fraction of sp³-hybridized carbons (Fsp3) is 0.148. The maximum absolute atomic E-state index is 14.0. The number of alkyl carbamates (subject to hydrolysis) is 1. The number of alkyl halides is 3. The molecule has 15 heteroatoms. The summed E-state index contributed by atoms with van der Waals surface area (Å²) in [4.78, 5) is 49.3. The number of hydrogen-bond donors (Lipinski definition) is 1. The average Bonchev–Trinajstić information content (AvgIpc) is 3.54. The van der Waals surface area contributed by atoms with Crippen LogP contribution in [0.1, 0.15) is 28.4 Å². The molecular weight excluding hydrogens is 676 g/mol. The van der Waals surface area contributed by atoms with Gasteiger partial charge < -0.3 is 14.0 Å². The van der Waals surface area contributed by atoms with Crippen molar-refractivity contribution in [1.82, 2.24) is 19.6 Å². The van der Waals surface area contributed by atoms with Gasteiger partial charge in [0.15, 0.2) is 11.4 Å². The molecule has 0 aliphatic carbocycles. The molecule has 0 unspecified atom stereocenters. The molecule has 5 aromatic rings. The van der Waals surface area contributed by atoms with Crippen molar-refractivity contribution < 1.29 is 41.6 Å². The Hall–Kier alpha value is -4.67. The summed E-state index contributed by atoms with van der Waals surface area (Å²) < 4.78 is 56.9. The van der Waals surface area contributed by atoms with Gasteiger partial charge in [-0.15, -0.1) is 13.2 Å². The van der Waals surface area contributed by atoms with E-state index in [9.17, 15) is 32.3 Å². The molecule has 0 bridgehead atoms. The van der Waals surface area contributed by atoms with Crippen LogP contribution in [-0.4, -0.2) is 38.9 Å². The lowest BCUT2D eigenvalue weighted by Crippen LogP contribution is -2.33. The quantitative estimate of drug-likeness (QED) is 0.199. The third-order valence-corrected chi connectivity index (χ3v) is 7.88. The van der Waals surface area contributed by atoms with E-state index in [-0.39, 0.29) is 29.0 Å². The van der Waals surface area contributed by atoms with Crippen LogP contribution in [0.25, 0.3) is 27.8 Å². The summed E-state index contributed by atoms with van der Waals surface area (Å²) in [5, 5.41) is 6.42. The van der Waals surface area contributed by atoms with Crippen molar-refractivity contribution >= 4 is 62.9 Å². The fourth-order valence-corrected chi connectivity index (χ4v) is 5.30. The Balaban J connectivity index is 1.53. The maximum Gasteiger partial charge on any atom is 0.573 e. The number of benzene rings is 3. The number of aldehydes is 1. The lowest BCUT2D eigenvalue weighted by Gasteiger charge is -2.21. The van der Waals surface area contributed by atoms with Crippen molar-refractivity contribution in [1.29, 1.82) is 0 Å². The van der Waals surface area contributed by atoms with E-state index in [1.807, 2.05) is 22.6 Å². The Morgan fingerprint density at radius 3 is 2.55 bits per heavy atom. The number of hydrogen-bond acceptors (Lipinski definition) is 8. The number of ether oxygens (including phenoxy) is 2. The smallest absolute Gasteiger partial charge is 0.428 e. The van der Waals surface area contributed by atoms with Gasteiger partial charge in [0, 0.05) is 20.8 Å². The number of cyclic esters (lactones) is 1. The van der Waals surface area contributed by atoms with Gasteiger partial charge in [-0.05, 0) is 71.5 Å². The average molecular weight is 692 g/mol. The second-order valence-corrected chi connectivity index (χ2v) is 10.6. The summed E-state index contributed by atoms with van der Waals surface area (Å²) in [7, 11) is 0. The summed E-state index contributed by atoms with van der Waals surface area (Å²) >= 11 is 2.04. The standard InChI is InChI=1S/C27H16F3IN4O7/c1-26(23(37)32-24(38)41-26)15-3-6-18(31)14(9-15)11-34-19-7-4-16(40-27(28,29)30)10-20(19)35(25(34)39)22-17-5-2-13(12-36)8-21(17)42-33-22/h2-10,12H,11H2,1H3,(H,32,37,38)/t26-/m0/s1. The topological polar surface area (TPSA) is 135 Å². The van der Waals surface area contributed by atoms with E-state index in [0.29, 0.717) is 31.9 Å². The second kappa shape index (κ2) is 9.71. The Morgan fingerprint density at radius 1 is 1.07 bits per heavy atom. The Labute approximate surface area is 245 Å². The van der Waals surface area contributed by atoms with E-state index in [1.165, 1.54) is 35.8 Å². The monoisotopic (exact) mass is 692 g/mol. The molecule has 2 aromatic heterocycles. The number of imidazole rings is 1. The number of aromatic nitrogens is 3. The minimum absolute atomic E-state index is 0.00847. The van der Waals surface area contributed by atoms with Gasteiger partial charge in [0.1, 0.15) is 12.0 Å². The molecular formula is C27H16F3IN4O7.